The smallest absolute Gasteiger partial charge is 0.253 e. The van der Waals surface area contributed by atoms with E-state index in [-0.39, 0.29) is 12.0 Å². The van der Waals surface area contributed by atoms with Crippen molar-refractivity contribution in [3.63, 3.8) is 0 Å². The number of rotatable bonds is 6. The summed E-state index contributed by atoms with van der Waals surface area (Å²) in [6, 6.07) is 9.73. The fraction of sp³-hybridized carbons (Fsp3) is 0.500. The van der Waals surface area contributed by atoms with E-state index in [0.717, 1.165) is 49.4 Å². The van der Waals surface area contributed by atoms with E-state index in [0.29, 0.717) is 5.92 Å². The molecule has 0 bridgehead atoms. The molecule has 1 saturated carbocycles. The maximum atomic E-state index is 13.1. The van der Waals surface area contributed by atoms with E-state index in [1.807, 2.05) is 35.2 Å². The van der Waals surface area contributed by atoms with Crippen molar-refractivity contribution in [2.24, 2.45) is 5.92 Å². The number of hydrogen-bond donors (Lipinski definition) is 1. The Morgan fingerprint density at radius 2 is 1.96 bits per heavy atom. The van der Waals surface area contributed by atoms with Crippen LogP contribution >= 0.6 is 0 Å². The van der Waals surface area contributed by atoms with Gasteiger partial charge in [-0.05, 0) is 55.4 Å². The molecule has 1 amide bonds. The molecule has 1 aliphatic heterocycles. The Kier molecular flexibility index (Phi) is 4.83. The minimum Gasteiger partial charge on any atom is -0.376 e. The van der Waals surface area contributed by atoms with Crippen LogP contribution in [0.15, 0.2) is 36.5 Å². The molecule has 1 aliphatic carbocycles. The van der Waals surface area contributed by atoms with Gasteiger partial charge in [0.1, 0.15) is 0 Å². The first-order valence-electron chi connectivity index (χ1n) is 9.30. The summed E-state index contributed by atoms with van der Waals surface area (Å²) >= 11 is 0. The van der Waals surface area contributed by atoms with E-state index < -0.39 is 0 Å². The number of carbonyl (C=O) groups is 1. The van der Waals surface area contributed by atoms with E-state index in [2.05, 4.69) is 10.2 Å². The summed E-state index contributed by atoms with van der Waals surface area (Å²) in [7, 11) is 0. The number of amides is 1. The summed E-state index contributed by atoms with van der Waals surface area (Å²) in [5.74, 6) is 0.785. The molecule has 1 atom stereocenters. The quantitative estimate of drug-likeness (QED) is 0.876. The third-order valence-electron chi connectivity index (χ3n) is 5.38. The Hall–Kier alpha value is -2.14. The van der Waals surface area contributed by atoms with Crippen molar-refractivity contribution in [3.8, 4) is 11.3 Å². The number of hydrogen-bond acceptors (Lipinski definition) is 3. The maximum Gasteiger partial charge on any atom is 0.253 e. The van der Waals surface area contributed by atoms with E-state index in [4.69, 9.17) is 4.74 Å². The molecule has 1 saturated heterocycles. The van der Waals surface area contributed by atoms with Crippen molar-refractivity contribution in [2.45, 2.75) is 38.2 Å². The van der Waals surface area contributed by atoms with E-state index in [1.165, 1.54) is 19.3 Å². The first kappa shape index (κ1) is 16.3. The normalized spacial score (nSPS) is 20.4. The topological polar surface area (TPSA) is 58.2 Å². The van der Waals surface area contributed by atoms with Crippen LogP contribution in [0, 0.1) is 5.92 Å². The summed E-state index contributed by atoms with van der Waals surface area (Å²) in [4.78, 5) is 15.1. The number of nitrogens with one attached hydrogen (secondary N) is 1. The number of aromatic amines is 1. The molecule has 1 aromatic heterocycles. The molecule has 2 fully saturated rings. The molecule has 1 aromatic carbocycles. The Morgan fingerprint density at radius 3 is 2.56 bits per heavy atom. The van der Waals surface area contributed by atoms with Crippen LogP contribution in [0.1, 0.15) is 42.5 Å². The number of H-pyrrole nitrogens is 1. The van der Waals surface area contributed by atoms with Crippen LogP contribution in [0.2, 0.25) is 0 Å². The van der Waals surface area contributed by atoms with Gasteiger partial charge in [0.2, 0.25) is 0 Å². The molecule has 5 nitrogen and oxygen atoms in total. The lowest BCUT2D eigenvalue weighted by Gasteiger charge is -2.33. The number of ether oxygens (including phenoxy) is 1. The zero-order valence-corrected chi connectivity index (χ0v) is 14.5. The number of aromatic nitrogens is 2. The van der Waals surface area contributed by atoms with Gasteiger partial charge < -0.3 is 9.64 Å². The monoisotopic (exact) mass is 339 g/mol. The van der Waals surface area contributed by atoms with Crippen molar-refractivity contribution in [3.05, 3.63) is 42.1 Å². The van der Waals surface area contributed by atoms with Crippen molar-refractivity contribution in [2.75, 3.05) is 19.7 Å². The van der Waals surface area contributed by atoms with Gasteiger partial charge >= 0.3 is 0 Å². The molecule has 132 valence electrons. The molecule has 1 N–H and O–H groups in total. The molecule has 2 aliphatic rings. The Balaban J connectivity index is 1.47. The predicted molar refractivity (Wildman–Crippen MR) is 96.2 cm³/mol. The molecule has 4 rings (SSSR count). The third kappa shape index (κ3) is 3.76. The van der Waals surface area contributed by atoms with Gasteiger partial charge in [-0.3, -0.25) is 9.89 Å². The van der Waals surface area contributed by atoms with Crippen LogP contribution in [-0.4, -0.2) is 46.8 Å². The van der Waals surface area contributed by atoms with Crippen LogP contribution in [0.5, 0.6) is 0 Å². The average molecular weight is 339 g/mol. The van der Waals surface area contributed by atoms with Gasteiger partial charge in [-0.25, -0.2) is 0 Å². The van der Waals surface area contributed by atoms with E-state index in [9.17, 15) is 4.79 Å². The van der Waals surface area contributed by atoms with Gasteiger partial charge in [0, 0.05) is 31.5 Å². The maximum absolute atomic E-state index is 13.1. The highest BCUT2D eigenvalue weighted by atomic mass is 16.5. The van der Waals surface area contributed by atoms with Crippen molar-refractivity contribution >= 4 is 5.91 Å². The summed E-state index contributed by atoms with van der Waals surface area (Å²) in [5, 5.41) is 6.93. The van der Waals surface area contributed by atoms with Gasteiger partial charge in [0.15, 0.2) is 0 Å². The fourth-order valence-corrected chi connectivity index (χ4v) is 3.65. The summed E-state index contributed by atoms with van der Waals surface area (Å²) in [6.45, 7) is 2.41. The Morgan fingerprint density at radius 1 is 1.12 bits per heavy atom. The molecular formula is C20H25N3O2. The lowest BCUT2D eigenvalue weighted by Crippen LogP contribution is -2.41. The van der Waals surface area contributed by atoms with Crippen LogP contribution < -0.4 is 0 Å². The minimum absolute atomic E-state index is 0.124. The standard InChI is InChI=1S/C20H25N3O2/c24-20(17-8-6-16(7-9-17)19-10-11-21-22-19)23(13-15-3-1-4-15)14-18-5-2-12-25-18/h6-11,15,18H,1-5,12-14H2,(H,21,22)/t18-/m0/s1. The lowest BCUT2D eigenvalue weighted by molar-refractivity contribution is 0.0448. The van der Waals surface area contributed by atoms with Gasteiger partial charge in [-0.1, -0.05) is 18.6 Å². The molecule has 5 heteroatoms. The highest BCUT2D eigenvalue weighted by Gasteiger charge is 2.28. The Labute approximate surface area is 148 Å². The largest absolute Gasteiger partial charge is 0.376 e. The van der Waals surface area contributed by atoms with Gasteiger partial charge in [-0.2, -0.15) is 5.10 Å². The fourth-order valence-electron chi connectivity index (χ4n) is 3.65. The van der Waals surface area contributed by atoms with Gasteiger partial charge in [0.25, 0.3) is 5.91 Å². The minimum atomic E-state index is 0.124. The van der Waals surface area contributed by atoms with Crippen LogP contribution in [0.4, 0.5) is 0 Å². The molecule has 25 heavy (non-hydrogen) atoms. The summed E-state index contributed by atoms with van der Waals surface area (Å²) in [5.41, 5.74) is 2.75. The summed E-state index contributed by atoms with van der Waals surface area (Å²) < 4.78 is 5.77. The zero-order chi connectivity index (χ0) is 17.1. The second-order valence-corrected chi connectivity index (χ2v) is 7.19. The first-order chi connectivity index (χ1) is 12.3. The molecular weight excluding hydrogens is 314 g/mol. The van der Waals surface area contributed by atoms with Crippen molar-refractivity contribution in [1.29, 1.82) is 0 Å². The van der Waals surface area contributed by atoms with Crippen molar-refractivity contribution in [1.82, 2.24) is 15.1 Å². The Bertz CT molecular complexity index is 686. The second-order valence-electron chi connectivity index (χ2n) is 7.19. The first-order valence-corrected chi connectivity index (χ1v) is 9.30. The summed E-state index contributed by atoms with van der Waals surface area (Å²) in [6.07, 6.45) is 7.89. The van der Waals surface area contributed by atoms with E-state index >= 15 is 0 Å². The molecule has 0 unspecified atom stereocenters. The highest BCUT2D eigenvalue weighted by molar-refractivity contribution is 5.94. The molecule has 0 radical (unpaired) electrons. The average Bonchev–Trinajstić information content (AvgIpc) is 3.30. The molecule has 0 spiro atoms. The predicted octanol–water partition coefficient (Wildman–Crippen LogP) is 3.50. The van der Waals surface area contributed by atoms with Crippen LogP contribution in [0.25, 0.3) is 11.3 Å². The number of benzene rings is 1. The highest BCUT2D eigenvalue weighted by Crippen LogP contribution is 2.28. The number of nitrogens with zero attached hydrogens (tertiary/aromatic N) is 2. The van der Waals surface area contributed by atoms with Gasteiger partial charge in [-0.15, -0.1) is 0 Å². The molecule has 2 heterocycles. The van der Waals surface area contributed by atoms with Crippen molar-refractivity contribution < 1.29 is 9.53 Å². The zero-order valence-electron chi connectivity index (χ0n) is 14.5. The van der Waals surface area contributed by atoms with Crippen LogP contribution in [0.3, 0.4) is 0 Å². The third-order valence-corrected chi connectivity index (χ3v) is 5.38. The SMILES string of the molecule is O=C(c1ccc(-c2ccn[nH]2)cc1)N(CC1CCC1)C[C@@H]1CCCO1. The number of carbonyl (C=O) groups excluding carboxylic acids is 1. The molecule has 2 aromatic rings. The second kappa shape index (κ2) is 7.40. The van der Waals surface area contributed by atoms with Gasteiger partial charge in [0.05, 0.1) is 11.8 Å². The van der Waals surface area contributed by atoms with E-state index in [1.54, 1.807) is 6.20 Å². The van der Waals surface area contributed by atoms with Crippen LogP contribution in [-0.2, 0) is 4.74 Å². The lowest BCUT2D eigenvalue weighted by atomic mass is 9.85.